The van der Waals surface area contributed by atoms with E-state index in [0.717, 1.165) is 19.9 Å². The maximum atomic E-state index is 10.5. The number of aromatic nitrogens is 2. The Labute approximate surface area is 106 Å². The van der Waals surface area contributed by atoms with E-state index in [0.29, 0.717) is 5.56 Å². The van der Waals surface area contributed by atoms with Gasteiger partial charge in [-0.2, -0.15) is 0 Å². The van der Waals surface area contributed by atoms with Crippen molar-refractivity contribution in [2.24, 2.45) is 0 Å². The topological polar surface area (TPSA) is 42.9 Å². The van der Waals surface area contributed by atoms with Crippen molar-refractivity contribution in [2.45, 2.75) is 13.6 Å². The lowest BCUT2D eigenvalue weighted by Crippen LogP contribution is -1.78. The minimum atomic E-state index is 0.686. The van der Waals surface area contributed by atoms with Crippen LogP contribution >= 0.6 is 34.9 Å². The molecule has 0 aliphatic heterocycles. The number of aldehydes is 1. The first-order valence-electron chi connectivity index (χ1n) is 4.42. The van der Waals surface area contributed by atoms with Gasteiger partial charge in [0, 0.05) is 10.5 Å². The van der Waals surface area contributed by atoms with Gasteiger partial charge >= 0.3 is 0 Å². The van der Waals surface area contributed by atoms with E-state index < -0.39 is 0 Å². The van der Waals surface area contributed by atoms with Gasteiger partial charge in [-0.1, -0.05) is 47.0 Å². The van der Waals surface area contributed by atoms with Gasteiger partial charge in [0.1, 0.15) is 6.29 Å². The Hall–Kier alpha value is -0.850. The molecule has 2 aromatic rings. The van der Waals surface area contributed by atoms with E-state index in [9.17, 15) is 4.79 Å². The highest BCUT2D eigenvalue weighted by molar-refractivity contribution is 8.03. The molecule has 16 heavy (non-hydrogen) atoms. The number of nitrogens with zero attached hydrogens (tertiary/aromatic N) is 2. The predicted octanol–water partition coefficient (Wildman–Crippen LogP) is 3.22. The predicted molar refractivity (Wildman–Crippen MR) is 67.6 cm³/mol. The lowest BCUT2D eigenvalue weighted by molar-refractivity contribution is 0.112. The van der Waals surface area contributed by atoms with Crippen molar-refractivity contribution in [2.75, 3.05) is 6.26 Å². The van der Waals surface area contributed by atoms with E-state index in [4.69, 9.17) is 0 Å². The largest absolute Gasteiger partial charge is 0.298 e. The van der Waals surface area contributed by atoms with Gasteiger partial charge in [0.15, 0.2) is 8.68 Å². The molecule has 0 amide bonds. The number of carbonyl (C=O) groups excluding carboxylic acids is 1. The molecule has 82 valence electrons. The molecule has 0 bridgehead atoms. The Balaban J connectivity index is 2.10. The quantitative estimate of drug-likeness (QED) is 0.629. The average molecular weight is 268 g/mol. The monoisotopic (exact) mass is 268 g/mol. The van der Waals surface area contributed by atoms with E-state index in [2.05, 4.69) is 10.2 Å². The third-order valence-electron chi connectivity index (χ3n) is 1.78. The van der Waals surface area contributed by atoms with Gasteiger partial charge in [-0.25, -0.2) is 0 Å². The highest BCUT2D eigenvalue weighted by atomic mass is 32.2. The second-order valence-corrected chi connectivity index (χ2v) is 6.18. The number of carbonyl (C=O) groups is 1. The lowest BCUT2D eigenvalue weighted by Gasteiger charge is -1.96. The number of hydrogen-bond donors (Lipinski definition) is 0. The van der Waals surface area contributed by atoms with Crippen LogP contribution < -0.4 is 0 Å². The van der Waals surface area contributed by atoms with Crippen LogP contribution in [0.2, 0.25) is 0 Å². The summed E-state index contributed by atoms with van der Waals surface area (Å²) >= 11 is 4.72. The first-order valence-corrected chi connectivity index (χ1v) is 7.28. The molecule has 0 aliphatic carbocycles. The Morgan fingerprint density at radius 1 is 1.19 bits per heavy atom. The van der Waals surface area contributed by atoms with E-state index in [-0.39, 0.29) is 0 Å². The molecular weight excluding hydrogens is 260 g/mol. The third kappa shape index (κ3) is 2.84. The number of thioether (sulfide) groups is 1. The van der Waals surface area contributed by atoms with Crippen LogP contribution in [0.15, 0.2) is 37.8 Å². The Morgan fingerprint density at radius 3 is 2.44 bits per heavy atom. The van der Waals surface area contributed by atoms with Gasteiger partial charge in [0.2, 0.25) is 0 Å². The summed E-state index contributed by atoms with van der Waals surface area (Å²) in [5.41, 5.74) is 0.686. The maximum Gasteiger partial charge on any atom is 0.179 e. The molecule has 0 saturated heterocycles. The fourth-order valence-electron chi connectivity index (χ4n) is 1.04. The van der Waals surface area contributed by atoms with Crippen LogP contribution in [0.4, 0.5) is 0 Å². The molecule has 1 aromatic carbocycles. The Morgan fingerprint density at radius 2 is 1.88 bits per heavy atom. The summed E-state index contributed by atoms with van der Waals surface area (Å²) in [6.45, 7) is 0. The maximum absolute atomic E-state index is 10.5. The van der Waals surface area contributed by atoms with E-state index in [1.165, 1.54) is 0 Å². The fourth-order valence-corrected chi connectivity index (χ4v) is 3.45. The van der Waals surface area contributed by atoms with Crippen molar-refractivity contribution in [3.8, 4) is 0 Å². The molecule has 0 saturated carbocycles. The summed E-state index contributed by atoms with van der Waals surface area (Å²) in [7, 11) is 0. The molecular formula is C10H8N2OS3. The van der Waals surface area contributed by atoms with Crippen molar-refractivity contribution < 1.29 is 4.79 Å². The normalized spacial score (nSPS) is 10.3. The van der Waals surface area contributed by atoms with E-state index in [1.54, 1.807) is 47.0 Å². The molecule has 0 spiro atoms. The third-order valence-corrected chi connectivity index (χ3v) is 4.74. The SMILES string of the molecule is CSc1nnc(Sc2ccc(C=O)cc2)s1. The highest BCUT2D eigenvalue weighted by Gasteiger charge is 2.04. The summed E-state index contributed by atoms with van der Waals surface area (Å²) in [5, 5.41) is 8.09. The average Bonchev–Trinajstić information content (AvgIpc) is 2.78. The molecule has 3 nitrogen and oxygen atoms in total. The molecule has 0 radical (unpaired) electrons. The number of rotatable bonds is 4. The van der Waals surface area contributed by atoms with Crippen LogP contribution in [-0.4, -0.2) is 22.7 Å². The molecule has 2 rings (SSSR count). The zero-order valence-corrected chi connectivity index (χ0v) is 10.9. The van der Waals surface area contributed by atoms with Gasteiger partial charge < -0.3 is 0 Å². The zero-order valence-electron chi connectivity index (χ0n) is 8.41. The van der Waals surface area contributed by atoms with Crippen LogP contribution in [0.1, 0.15) is 10.4 Å². The summed E-state index contributed by atoms with van der Waals surface area (Å²) in [5.74, 6) is 0. The molecule has 0 N–H and O–H groups in total. The lowest BCUT2D eigenvalue weighted by atomic mass is 10.2. The molecule has 0 unspecified atom stereocenters. The smallest absolute Gasteiger partial charge is 0.179 e. The van der Waals surface area contributed by atoms with Gasteiger partial charge in [-0.05, 0) is 18.4 Å². The van der Waals surface area contributed by atoms with Gasteiger partial charge in [0.25, 0.3) is 0 Å². The number of hydrogen-bond acceptors (Lipinski definition) is 6. The second kappa shape index (κ2) is 5.47. The van der Waals surface area contributed by atoms with Gasteiger partial charge in [0.05, 0.1) is 0 Å². The van der Waals surface area contributed by atoms with Crippen LogP contribution in [-0.2, 0) is 0 Å². The summed E-state index contributed by atoms with van der Waals surface area (Å²) < 4.78 is 1.88. The summed E-state index contributed by atoms with van der Waals surface area (Å²) in [6, 6.07) is 7.42. The first-order chi connectivity index (χ1) is 7.81. The van der Waals surface area contributed by atoms with Crippen molar-refractivity contribution in [3.05, 3.63) is 29.8 Å². The second-order valence-electron chi connectivity index (χ2n) is 2.83. The van der Waals surface area contributed by atoms with Gasteiger partial charge in [-0.15, -0.1) is 10.2 Å². The van der Waals surface area contributed by atoms with Crippen LogP contribution in [0.5, 0.6) is 0 Å². The Kier molecular flexibility index (Phi) is 3.98. The Bertz CT molecular complexity index is 481. The molecule has 0 atom stereocenters. The van der Waals surface area contributed by atoms with Crippen molar-refractivity contribution in [3.63, 3.8) is 0 Å². The molecule has 1 aromatic heterocycles. The molecule has 0 aliphatic rings. The van der Waals surface area contributed by atoms with Crippen LogP contribution in [0.25, 0.3) is 0 Å². The molecule has 1 heterocycles. The molecule has 0 fully saturated rings. The first kappa shape index (κ1) is 11.6. The van der Waals surface area contributed by atoms with Crippen LogP contribution in [0.3, 0.4) is 0 Å². The fraction of sp³-hybridized carbons (Fsp3) is 0.100. The van der Waals surface area contributed by atoms with Crippen molar-refractivity contribution in [1.29, 1.82) is 0 Å². The zero-order chi connectivity index (χ0) is 11.4. The molecule has 6 heteroatoms. The van der Waals surface area contributed by atoms with Crippen molar-refractivity contribution >= 4 is 41.1 Å². The van der Waals surface area contributed by atoms with Crippen molar-refractivity contribution in [1.82, 2.24) is 10.2 Å². The minimum absolute atomic E-state index is 0.686. The van der Waals surface area contributed by atoms with E-state index >= 15 is 0 Å². The standard InChI is InChI=1S/C10H8N2OS3/c1-14-9-11-12-10(16-9)15-8-4-2-7(6-13)3-5-8/h2-6H,1H3. The van der Waals surface area contributed by atoms with E-state index in [1.807, 2.05) is 18.4 Å². The highest BCUT2D eigenvalue weighted by Crippen LogP contribution is 2.32. The van der Waals surface area contributed by atoms with Gasteiger partial charge in [-0.3, -0.25) is 4.79 Å². The number of benzene rings is 1. The summed E-state index contributed by atoms with van der Waals surface area (Å²) in [4.78, 5) is 11.6. The summed E-state index contributed by atoms with van der Waals surface area (Å²) in [6.07, 6.45) is 2.82. The van der Waals surface area contributed by atoms with Crippen LogP contribution in [0, 0.1) is 0 Å². The minimum Gasteiger partial charge on any atom is -0.298 e.